The number of amides is 2. The average Bonchev–Trinajstić information content (AvgIpc) is 3.43. The van der Waals surface area contributed by atoms with Crippen LogP contribution in [0.4, 0.5) is 19.1 Å². The number of piperidine rings is 3. The minimum atomic E-state index is -4.50. The minimum absolute atomic E-state index is 0.127. The van der Waals surface area contributed by atoms with Gasteiger partial charge in [0.2, 0.25) is 17.7 Å². The minimum Gasteiger partial charge on any atom is -0.345 e. The third-order valence-corrected chi connectivity index (χ3v) is 6.71. The second-order valence-corrected chi connectivity index (χ2v) is 8.91. The molecular formula is C19H24F3N5O3. The molecule has 8 nitrogen and oxygen atoms in total. The molecular weight excluding hydrogens is 403 g/mol. The highest BCUT2D eigenvalue weighted by molar-refractivity contribution is 5.89. The largest absolute Gasteiger partial charge is 0.405 e. The van der Waals surface area contributed by atoms with Crippen molar-refractivity contribution in [1.29, 1.82) is 0 Å². The van der Waals surface area contributed by atoms with Crippen LogP contribution in [0.15, 0.2) is 4.52 Å². The van der Waals surface area contributed by atoms with Crippen LogP contribution in [0.3, 0.4) is 0 Å². The van der Waals surface area contributed by atoms with Gasteiger partial charge in [0.1, 0.15) is 12.6 Å². The van der Waals surface area contributed by atoms with Gasteiger partial charge in [-0.2, -0.15) is 18.2 Å². The van der Waals surface area contributed by atoms with Crippen molar-refractivity contribution in [3.8, 4) is 0 Å². The van der Waals surface area contributed by atoms with E-state index < -0.39 is 24.7 Å². The van der Waals surface area contributed by atoms with Gasteiger partial charge < -0.3 is 19.6 Å². The zero-order valence-electron chi connectivity index (χ0n) is 16.4. The molecule has 4 heterocycles. The molecule has 30 heavy (non-hydrogen) atoms. The first-order chi connectivity index (χ1) is 14.3. The molecule has 164 valence electrons. The first-order valence-electron chi connectivity index (χ1n) is 10.5. The number of rotatable bonds is 4. The van der Waals surface area contributed by atoms with Crippen molar-refractivity contribution in [1.82, 2.24) is 20.4 Å². The van der Waals surface area contributed by atoms with Crippen molar-refractivity contribution in [2.45, 2.75) is 62.7 Å². The Bertz CT molecular complexity index is 840. The van der Waals surface area contributed by atoms with Gasteiger partial charge in [-0.25, -0.2) is 0 Å². The quantitative estimate of drug-likeness (QED) is 0.789. The number of hydrogen-bond acceptors (Lipinski definition) is 6. The van der Waals surface area contributed by atoms with Crippen LogP contribution in [0.5, 0.6) is 0 Å². The number of fused-ring (bicyclic) bond motifs is 4. The van der Waals surface area contributed by atoms with E-state index in [1.54, 1.807) is 4.90 Å². The summed E-state index contributed by atoms with van der Waals surface area (Å²) in [5.41, 5.74) is 0. The normalized spacial score (nSPS) is 31.5. The zero-order chi connectivity index (χ0) is 21.0. The van der Waals surface area contributed by atoms with Crippen LogP contribution in [-0.4, -0.2) is 64.7 Å². The van der Waals surface area contributed by atoms with Crippen LogP contribution in [0.2, 0.25) is 0 Å². The molecule has 5 rings (SSSR count). The fourth-order valence-electron chi connectivity index (χ4n) is 5.30. The van der Waals surface area contributed by atoms with Crippen molar-refractivity contribution in [3.05, 3.63) is 5.89 Å². The molecule has 2 amide bonds. The lowest BCUT2D eigenvalue weighted by Crippen LogP contribution is -2.68. The summed E-state index contributed by atoms with van der Waals surface area (Å²) in [6, 6.07) is -1.05. The van der Waals surface area contributed by atoms with E-state index in [1.165, 1.54) is 0 Å². The van der Waals surface area contributed by atoms with Crippen molar-refractivity contribution < 1.29 is 27.3 Å². The Morgan fingerprint density at radius 3 is 2.70 bits per heavy atom. The summed E-state index contributed by atoms with van der Waals surface area (Å²) in [7, 11) is 0. The molecule has 0 radical (unpaired) electrons. The third kappa shape index (κ3) is 3.62. The standard InChI is InChI=1S/C19H24F3N5O3/c20-19(21,22)9-23-16(29)15-12-6-11(13-2-1-3-14(28)27(13)15)7-26(8-12)18-24-17(30-25-18)10-4-5-10/h10-13,15H,1-9H2,(H,23,29)/t11-,12+,13+,15-/m1/s1. The number of nitrogens with one attached hydrogen (secondary N) is 1. The second-order valence-electron chi connectivity index (χ2n) is 8.91. The second kappa shape index (κ2) is 7.12. The molecule has 3 saturated heterocycles. The van der Waals surface area contributed by atoms with E-state index in [0.717, 1.165) is 25.7 Å². The maximum Gasteiger partial charge on any atom is 0.405 e. The summed E-state index contributed by atoms with van der Waals surface area (Å²) in [6.07, 6.45) is 0.0773. The molecule has 0 aromatic carbocycles. The predicted molar refractivity (Wildman–Crippen MR) is 97.4 cm³/mol. The van der Waals surface area contributed by atoms with E-state index in [4.69, 9.17) is 4.52 Å². The predicted octanol–water partition coefficient (Wildman–Crippen LogP) is 1.83. The lowest BCUT2D eigenvalue weighted by Gasteiger charge is -2.55. The number of carbonyl (C=O) groups is 2. The Morgan fingerprint density at radius 1 is 1.20 bits per heavy atom. The van der Waals surface area contributed by atoms with E-state index in [1.807, 2.05) is 10.2 Å². The number of anilines is 1. The lowest BCUT2D eigenvalue weighted by atomic mass is 9.72. The van der Waals surface area contributed by atoms with Gasteiger partial charge in [0.15, 0.2) is 0 Å². The molecule has 0 unspecified atom stereocenters. The average molecular weight is 427 g/mol. The molecule has 1 aromatic rings. The molecule has 3 aliphatic heterocycles. The summed E-state index contributed by atoms with van der Waals surface area (Å²) in [4.78, 5) is 33.5. The molecule has 1 N–H and O–H groups in total. The first-order valence-corrected chi connectivity index (χ1v) is 10.5. The molecule has 1 saturated carbocycles. The summed E-state index contributed by atoms with van der Waals surface area (Å²) < 4.78 is 43.4. The van der Waals surface area contributed by atoms with Crippen molar-refractivity contribution in [3.63, 3.8) is 0 Å². The number of aromatic nitrogens is 2. The van der Waals surface area contributed by atoms with Gasteiger partial charge in [-0.3, -0.25) is 9.59 Å². The van der Waals surface area contributed by atoms with E-state index in [2.05, 4.69) is 10.1 Å². The van der Waals surface area contributed by atoms with Crippen LogP contribution >= 0.6 is 0 Å². The lowest BCUT2D eigenvalue weighted by molar-refractivity contribution is -0.159. The Labute approximate surface area is 171 Å². The number of carbonyl (C=O) groups excluding carboxylic acids is 2. The van der Waals surface area contributed by atoms with Gasteiger partial charge >= 0.3 is 6.18 Å². The summed E-state index contributed by atoms with van der Waals surface area (Å²) in [6.45, 7) is -0.350. The molecule has 11 heteroatoms. The van der Waals surface area contributed by atoms with Gasteiger partial charge in [0.25, 0.3) is 5.95 Å². The third-order valence-electron chi connectivity index (χ3n) is 6.71. The highest BCUT2D eigenvalue weighted by atomic mass is 19.4. The van der Waals surface area contributed by atoms with Gasteiger partial charge in [-0.15, -0.1) is 0 Å². The van der Waals surface area contributed by atoms with Crippen LogP contribution < -0.4 is 10.2 Å². The van der Waals surface area contributed by atoms with Gasteiger partial charge in [-0.05, 0) is 43.2 Å². The summed E-state index contributed by atoms with van der Waals surface area (Å²) in [5.74, 6) is 0.386. The van der Waals surface area contributed by atoms with Crippen LogP contribution in [-0.2, 0) is 9.59 Å². The fraction of sp³-hybridized carbons (Fsp3) is 0.789. The van der Waals surface area contributed by atoms with E-state index in [0.29, 0.717) is 43.7 Å². The van der Waals surface area contributed by atoms with E-state index >= 15 is 0 Å². The summed E-state index contributed by atoms with van der Waals surface area (Å²) >= 11 is 0. The Morgan fingerprint density at radius 2 is 1.97 bits per heavy atom. The molecule has 4 atom stereocenters. The first kappa shape index (κ1) is 19.6. The zero-order valence-corrected chi connectivity index (χ0v) is 16.4. The van der Waals surface area contributed by atoms with Crippen molar-refractivity contribution >= 4 is 17.8 Å². The number of nitrogens with zero attached hydrogens (tertiary/aromatic N) is 4. The number of alkyl halides is 3. The number of hydrogen-bond donors (Lipinski definition) is 1. The van der Waals surface area contributed by atoms with E-state index in [-0.39, 0.29) is 23.8 Å². The number of halogens is 3. The highest BCUT2D eigenvalue weighted by Crippen LogP contribution is 2.43. The Hall–Kier alpha value is -2.33. The van der Waals surface area contributed by atoms with Crippen molar-refractivity contribution in [2.24, 2.45) is 11.8 Å². The molecule has 4 aliphatic rings. The molecule has 0 spiro atoms. The van der Waals surface area contributed by atoms with E-state index in [9.17, 15) is 22.8 Å². The Balaban J connectivity index is 1.40. The maximum atomic E-state index is 12.8. The van der Waals surface area contributed by atoms with Gasteiger partial charge in [0, 0.05) is 37.4 Å². The van der Waals surface area contributed by atoms with Crippen LogP contribution in [0, 0.1) is 11.8 Å². The van der Waals surface area contributed by atoms with Gasteiger partial charge in [0.05, 0.1) is 0 Å². The SMILES string of the molecule is O=C(NCC(F)(F)F)[C@H]1[C@H]2C[C@H](CN(c3noc(C4CC4)n3)C2)[C@@H]2CCCC(=O)N21. The maximum absolute atomic E-state index is 12.8. The molecule has 1 aromatic heterocycles. The van der Waals surface area contributed by atoms with Crippen LogP contribution in [0.25, 0.3) is 0 Å². The molecule has 2 bridgehead atoms. The van der Waals surface area contributed by atoms with Crippen molar-refractivity contribution in [2.75, 3.05) is 24.5 Å². The Kier molecular flexibility index (Phi) is 4.66. The monoisotopic (exact) mass is 427 g/mol. The molecule has 4 fully saturated rings. The molecule has 1 aliphatic carbocycles. The highest BCUT2D eigenvalue weighted by Gasteiger charge is 2.52. The summed E-state index contributed by atoms with van der Waals surface area (Å²) in [5, 5.41) is 6.10. The topological polar surface area (TPSA) is 91.6 Å². The van der Waals surface area contributed by atoms with Gasteiger partial charge in [-0.1, -0.05) is 0 Å². The fourth-order valence-corrected chi connectivity index (χ4v) is 5.30. The van der Waals surface area contributed by atoms with Crippen LogP contribution in [0.1, 0.15) is 50.3 Å². The smallest absolute Gasteiger partial charge is 0.345 e.